The first kappa shape index (κ1) is 12.9. The fourth-order valence-corrected chi connectivity index (χ4v) is 2.92. The Morgan fingerprint density at radius 1 is 1.20 bits per heavy atom. The van der Waals surface area contributed by atoms with E-state index in [1.54, 1.807) is 17.5 Å². The fourth-order valence-electron chi connectivity index (χ4n) is 2.04. The molecule has 5 nitrogen and oxygen atoms in total. The lowest BCUT2D eigenvalue weighted by Crippen LogP contribution is -2.03. The number of nitrogens with zero attached hydrogens (tertiary/aromatic N) is 4. The van der Waals surface area contributed by atoms with Crippen molar-refractivity contribution in [2.75, 3.05) is 11.9 Å². The van der Waals surface area contributed by atoms with Gasteiger partial charge in [-0.05, 0) is 32.9 Å². The Balaban J connectivity index is 2.21. The van der Waals surface area contributed by atoms with E-state index in [1.165, 1.54) is 4.88 Å². The van der Waals surface area contributed by atoms with Crippen molar-refractivity contribution in [2.24, 2.45) is 0 Å². The lowest BCUT2D eigenvalue weighted by Gasteiger charge is -2.06. The Hall–Kier alpha value is -2.08. The normalized spacial score (nSPS) is 10.9. The van der Waals surface area contributed by atoms with Crippen LogP contribution in [0.25, 0.3) is 21.7 Å². The summed E-state index contributed by atoms with van der Waals surface area (Å²) in [6, 6.07) is 3.96. The van der Waals surface area contributed by atoms with Crippen LogP contribution in [0.4, 0.5) is 5.82 Å². The van der Waals surface area contributed by atoms with Crippen LogP contribution < -0.4 is 5.32 Å². The second kappa shape index (κ2) is 5.13. The molecule has 20 heavy (non-hydrogen) atoms. The molecule has 0 atom stereocenters. The average molecular weight is 285 g/mol. The van der Waals surface area contributed by atoms with Gasteiger partial charge in [-0.25, -0.2) is 19.9 Å². The topological polar surface area (TPSA) is 63.6 Å². The van der Waals surface area contributed by atoms with Crippen LogP contribution in [-0.2, 0) is 0 Å². The van der Waals surface area contributed by atoms with Crippen LogP contribution in [0.15, 0.2) is 18.3 Å². The van der Waals surface area contributed by atoms with E-state index in [2.05, 4.69) is 45.2 Å². The Bertz CT molecular complexity index is 765. The summed E-state index contributed by atoms with van der Waals surface area (Å²) < 4.78 is 0. The van der Waals surface area contributed by atoms with Gasteiger partial charge in [0.15, 0.2) is 5.82 Å². The van der Waals surface area contributed by atoms with Crippen molar-refractivity contribution in [3.8, 4) is 11.5 Å². The van der Waals surface area contributed by atoms with Gasteiger partial charge >= 0.3 is 0 Å². The van der Waals surface area contributed by atoms with Gasteiger partial charge in [0.05, 0.1) is 5.39 Å². The van der Waals surface area contributed by atoms with Crippen molar-refractivity contribution >= 4 is 27.4 Å². The van der Waals surface area contributed by atoms with Gasteiger partial charge in [0.1, 0.15) is 22.2 Å². The van der Waals surface area contributed by atoms with Crippen LogP contribution >= 0.6 is 11.3 Å². The molecule has 0 radical (unpaired) electrons. The first-order valence-corrected chi connectivity index (χ1v) is 7.31. The number of hydrogen-bond acceptors (Lipinski definition) is 6. The lowest BCUT2D eigenvalue weighted by molar-refractivity contribution is 1.04. The molecule has 3 aromatic heterocycles. The van der Waals surface area contributed by atoms with Gasteiger partial charge in [-0.3, -0.25) is 0 Å². The molecule has 3 heterocycles. The van der Waals surface area contributed by atoms with Crippen molar-refractivity contribution in [2.45, 2.75) is 20.8 Å². The zero-order chi connectivity index (χ0) is 14.1. The highest BCUT2D eigenvalue weighted by molar-refractivity contribution is 7.18. The third-order valence-corrected chi connectivity index (χ3v) is 3.81. The minimum atomic E-state index is 0.640. The number of aryl methyl sites for hydroxylation is 2. The lowest BCUT2D eigenvalue weighted by atomic mass is 10.3. The average Bonchev–Trinajstić information content (AvgIpc) is 2.79. The molecule has 0 bridgehead atoms. The smallest absolute Gasteiger partial charge is 0.181 e. The molecule has 0 saturated carbocycles. The molecular formula is C14H15N5S. The molecular weight excluding hydrogens is 270 g/mol. The molecule has 3 rings (SSSR count). The minimum Gasteiger partial charge on any atom is -0.370 e. The summed E-state index contributed by atoms with van der Waals surface area (Å²) in [6.07, 6.45) is 1.73. The molecule has 0 aromatic carbocycles. The van der Waals surface area contributed by atoms with Crippen molar-refractivity contribution in [1.29, 1.82) is 0 Å². The molecule has 0 aliphatic heterocycles. The largest absolute Gasteiger partial charge is 0.370 e. The van der Waals surface area contributed by atoms with E-state index in [0.29, 0.717) is 5.82 Å². The summed E-state index contributed by atoms with van der Waals surface area (Å²) >= 11 is 1.67. The summed E-state index contributed by atoms with van der Waals surface area (Å²) in [5.74, 6) is 2.23. The number of hydrogen-bond donors (Lipinski definition) is 1. The summed E-state index contributed by atoms with van der Waals surface area (Å²) in [7, 11) is 0. The maximum absolute atomic E-state index is 4.63. The Morgan fingerprint density at radius 3 is 2.80 bits per heavy atom. The van der Waals surface area contributed by atoms with Crippen LogP contribution in [0.3, 0.4) is 0 Å². The van der Waals surface area contributed by atoms with Crippen LogP contribution in [0.1, 0.15) is 17.6 Å². The minimum absolute atomic E-state index is 0.640. The summed E-state index contributed by atoms with van der Waals surface area (Å²) in [4.78, 5) is 20.0. The van der Waals surface area contributed by atoms with Gasteiger partial charge in [0.2, 0.25) is 0 Å². The molecule has 102 valence electrons. The molecule has 0 amide bonds. The highest BCUT2D eigenvalue weighted by Gasteiger charge is 2.12. The maximum Gasteiger partial charge on any atom is 0.181 e. The van der Waals surface area contributed by atoms with Gasteiger partial charge < -0.3 is 5.32 Å². The first-order chi connectivity index (χ1) is 9.67. The Labute approximate surface area is 121 Å². The SMILES string of the molecule is CCNc1nc(-c2ccnc(C)n2)nc2sc(C)cc12. The predicted molar refractivity (Wildman–Crippen MR) is 82.1 cm³/mol. The second-order valence-electron chi connectivity index (χ2n) is 4.49. The number of aromatic nitrogens is 4. The number of rotatable bonds is 3. The van der Waals surface area contributed by atoms with Crippen LogP contribution in [-0.4, -0.2) is 26.5 Å². The van der Waals surface area contributed by atoms with E-state index >= 15 is 0 Å². The Morgan fingerprint density at radius 2 is 2.05 bits per heavy atom. The standard InChI is InChI=1S/C14H15N5S/c1-4-15-12-10-7-8(2)20-14(10)19-13(18-12)11-5-6-16-9(3)17-11/h5-7H,4H2,1-3H3,(H,15,18,19). The van der Waals surface area contributed by atoms with Gasteiger partial charge in [0, 0.05) is 17.6 Å². The van der Waals surface area contributed by atoms with E-state index in [-0.39, 0.29) is 0 Å². The summed E-state index contributed by atoms with van der Waals surface area (Å²) in [5.41, 5.74) is 0.754. The van der Waals surface area contributed by atoms with Gasteiger partial charge in [0.25, 0.3) is 0 Å². The number of thiophene rings is 1. The first-order valence-electron chi connectivity index (χ1n) is 6.49. The van der Waals surface area contributed by atoms with Crippen molar-refractivity contribution in [3.63, 3.8) is 0 Å². The third-order valence-electron chi connectivity index (χ3n) is 2.87. The molecule has 0 fully saturated rings. The summed E-state index contributed by atoms with van der Waals surface area (Å²) in [6.45, 7) is 6.82. The highest BCUT2D eigenvalue weighted by Crippen LogP contribution is 2.30. The van der Waals surface area contributed by atoms with E-state index in [9.17, 15) is 0 Å². The van der Waals surface area contributed by atoms with E-state index in [1.807, 2.05) is 13.0 Å². The van der Waals surface area contributed by atoms with Crippen LogP contribution in [0.5, 0.6) is 0 Å². The van der Waals surface area contributed by atoms with Crippen LogP contribution in [0, 0.1) is 13.8 Å². The predicted octanol–water partition coefficient (Wildman–Crippen LogP) is 3.20. The zero-order valence-electron chi connectivity index (χ0n) is 11.6. The van der Waals surface area contributed by atoms with Gasteiger partial charge in [-0.2, -0.15) is 0 Å². The molecule has 0 saturated heterocycles. The molecule has 0 aliphatic rings. The van der Waals surface area contributed by atoms with Gasteiger partial charge in [-0.1, -0.05) is 0 Å². The summed E-state index contributed by atoms with van der Waals surface area (Å²) in [5, 5.41) is 4.37. The van der Waals surface area contributed by atoms with Gasteiger partial charge in [-0.15, -0.1) is 11.3 Å². The zero-order valence-corrected chi connectivity index (χ0v) is 12.5. The highest BCUT2D eigenvalue weighted by atomic mass is 32.1. The molecule has 0 spiro atoms. The number of anilines is 1. The molecule has 0 unspecified atom stereocenters. The monoisotopic (exact) mass is 285 g/mol. The fraction of sp³-hybridized carbons (Fsp3) is 0.286. The molecule has 3 aromatic rings. The Kier molecular flexibility index (Phi) is 3.31. The maximum atomic E-state index is 4.63. The molecule has 0 aliphatic carbocycles. The third kappa shape index (κ3) is 2.34. The number of nitrogens with one attached hydrogen (secondary N) is 1. The van der Waals surface area contributed by atoms with Crippen molar-refractivity contribution in [1.82, 2.24) is 19.9 Å². The van der Waals surface area contributed by atoms with Crippen LogP contribution in [0.2, 0.25) is 0 Å². The van der Waals surface area contributed by atoms with E-state index < -0.39 is 0 Å². The second-order valence-corrected chi connectivity index (χ2v) is 5.73. The van der Waals surface area contributed by atoms with Crippen molar-refractivity contribution in [3.05, 3.63) is 29.0 Å². The van der Waals surface area contributed by atoms with E-state index in [0.717, 1.165) is 34.1 Å². The molecule has 1 N–H and O–H groups in total. The van der Waals surface area contributed by atoms with Crippen molar-refractivity contribution < 1.29 is 0 Å². The number of fused-ring (bicyclic) bond motifs is 1. The quantitative estimate of drug-likeness (QED) is 0.800. The molecule has 6 heteroatoms. The van der Waals surface area contributed by atoms with E-state index in [4.69, 9.17) is 0 Å².